The molecule has 1 N–H and O–H groups in total. The smallest absolute Gasteiger partial charge is 0.278 e. The van der Waals surface area contributed by atoms with Gasteiger partial charge >= 0.3 is 0 Å². The van der Waals surface area contributed by atoms with Crippen molar-refractivity contribution >= 4 is 23.2 Å². The predicted octanol–water partition coefficient (Wildman–Crippen LogP) is 0.590. The molecular weight excluding hydrogens is 320 g/mol. The molecule has 0 saturated heterocycles. The highest BCUT2D eigenvalue weighted by Crippen LogP contribution is 2.32. The molecule has 0 unspecified atom stereocenters. The maximum Gasteiger partial charge on any atom is 0.278 e. The summed E-state index contributed by atoms with van der Waals surface area (Å²) in [6.45, 7) is 3.59. The van der Waals surface area contributed by atoms with E-state index in [-0.39, 0.29) is 18.4 Å². The Bertz CT molecular complexity index is 800. The lowest BCUT2D eigenvalue weighted by Gasteiger charge is -2.21. The molecule has 3 rings (SSSR count). The summed E-state index contributed by atoms with van der Waals surface area (Å²) in [5.41, 5.74) is 3.14. The molecule has 0 saturated carbocycles. The molecule has 25 heavy (non-hydrogen) atoms. The van der Waals surface area contributed by atoms with Gasteiger partial charge in [-0.2, -0.15) is 0 Å². The molecule has 0 bridgehead atoms. The van der Waals surface area contributed by atoms with E-state index in [9.17, 15) is 9.59 Å². The Kier molecular flexibility index (Phi) is 4.80. The summed E-state index contributed by atoms with van der Waals surface area (Å²) >= 11 is 0. The maximum absolute atomic E-state index is 12.8. The Morgan fingerprint density at radius 2 is 2.16 bits per heavy atom. The Hall–Kier alpha value is -2.74. The van der Waals surface area contributed by atoms with E-state index in [0.29, 0.717) is 12.2 Å². The van der Waals surface area contributed by atoms with Crippen LogP contribution < -0.4 is 15.1 Å². The minimum atomic E-state index is -0.134. The SMILES string of the molecule is CCNCC(=O)N(C)c1ccc2c(c1)N(C(=O)c1cnnn1C)CC2. The van der Waals surface area contributed by atoms with Crippen molar-refractivity contribution in [2.45, 2.75) is 13.3 Å². The number of likely N-dealkylation sites (N-methyl/N-ethyl adjacent to an activating group) is 2. The molecule has 1 aliphatic heterocycles. The number of amides is 2. The van der Waals surface area contributed by atoms with Gasteiger partial charge < -0.3 is 15.1 Å². The van der Waals surface area contributed by atoms with Crippen molar-refractivity contribution < 1.29 is 9.59 Å². The average molecular weight is 342 g/mol. The van der Waals surface area contributed by atoms with Gasteiger partial charge in [-0.15, -0.1) is 5.10 Å². The molecule has 1 aromatic carbocycles. The van der Waals surface area contributed by atoms with Crippen LogP contribution in [0.1, 0.15) is 23.0 Å². The van der Waals surface area contributed by atoms with Crippen molar-refractivity contribution in [2.75, 3.05) is 36.5 Å². The number of rotatable bonds is 5. The lowest BCUT2D eigenvalue weighted by Crippen LogP contribution is -2.35. The van der Waals surface area contributed by atoms with Crippen molar-refractivity contribution in [1.29, 1.82) is 0 Å². The summed E-state index contributed by atoms with van der Waals surface area (Å²) < 4.78 is 1.47. The topological polar surface area (TPSA) is 83.4 Å². The highest BCUT2D eigenvalue weighted by Gasteiger charge is 2.28. The van der Waals surface area contributed by atoms with E-state index in [1.807, 2.05) is 25.1 Å². The zero-order valence-corrected chi connectivity index (χ0v) is 14.7. The molecule has 0 atom stereocenters. The molecule has 8 heteroatoms. The standard InChI is InChI=1S/C17H22N6O2/c1-4-18-11-16(24)21(2)13-6-5-12-7-8-23(14(12)9-13)17(25)15-10-19-20-22(15)3/h5-6,9-10,18H,4,7-8,11H2,1-3H3. The van der Waals surface area contributed by atoms with Gasteiger partial charge in [-0.3, -0.25) is 9.59 Å². The van der Waals surface area contributed by atoms with Crippen LogP contribution in [0, 0.1) is 0 Å². The van der Waals surface area contributed by atoms with Gasteiger partial charge in [0.2, 0.25) is 5.91 Å². The first-order valence-corrected chi connectivity index (χ1v) is 8.29. The number of anilines is 2. The molecule has 1 aliphatic rings. The zero-order valence-electron chi connectivity index (χ0n) is 14.7. The maximum atomic E-state index is 12.8. The van der Waals surface area contributed by atoms with E-state index in [1.54, 1.807) is 23.9 Å². The van der Waals surface area contributed by atoms with E-state index in [2.05, 4.69) is 15.6 Å². The van der Waals surface area contributed by atoms with E-state index >= 15 is 0 Å². The van der Waals surface area contributed by atoms with Gasteiger partial charge in [-0.1, -0.05) is 18.2 Å². The number of fused-ring (bicyclic) bond motifs is 1. The molecule has 0 aliphatic carbocycles. The van der Waals surface area contributed by atoms with Gasteiger partial charge in [0, 0.05) is 32.0 Å². The molecule has 0 fully saturated rings. The van der Waals surface area contributed by atoms with E-state index in [1.165, 1.54) is 10.9 Å². The Morgan fingerprint density at radius 3 is 2.84 bits per heavy atom. The van der Waals surface area contributed by atoms with Crippen molar-refractivity contribution in [3.8, 4) is 0 Å². The van der Waals surface area contributed by atoms with Crippen LogP contribution in [0.25, 0.3) is 0 Å². The van der Waals surface area contributed by atoms with Crippen molar-refractivity contribution in [3.05, 3.63) is 35.7 Å². The number of carbonyl (C=O) groups is 2. The van der Waals surface area contributed by atoms with Crippen LogP contribution in [-0.4, -0.2) is 53.5 Å². The molecular formula is C17H22N6O2. The van der Waals surface area contributed by atoms with Crippen LogP contribution in [0.3, 0.4) is 0 Å². The van der Waals surface area contributed by atoms with Gasteiger partial charge in [0.25, 0.3) is 5.91 Å². The second-order valence-corrected chi connectivity index (χ2v) is 6.00. The number of nitrogens with zero attached hydrogens (tertiary/aromatic N) is 5. The highest BCUT2D eigenvalue weighted by atomic mass is 16.2. The molecule has 2 heterocycles. The second-order valence-electron chi connectivity index (χ2n) is 6.00. The van der Waals surface area contributed by atoms with Gasteiger partial charge in [-0.05, 0) is 30.7 Å². The number of benzene rings is 1. The largest absolute Gasteiger partial charge is 0.314 e. The zero-order chi connectivity index (χ0) is 18.0. The number of carbonyl (C=O) groups excluding carboxylic acids is 2. The van der Waals surface area contributed by atoms with E-state index in [0.717, 1.165) is 29.9 Å². The fraction of sp³-hybridized carbons (Fsp3) is 0.412. The minimum absolute atomic E-state index is 0.0199. The number of aromatic nitrogens is 3. The first-order chi connectivity index (χ1) is 12.0. The average Bonchev–Trinajstić information content (AvgIpc) is 3.23. The lowest BCUT2D eigenvalue weighted by molar-refractivity contribution is -0.117. The fourth-order valence-corrected chi connectivity index (χ4v) is 2.90. The molecule has 0 radical (unpaired) electrons. The lowest BCUT2D eigenvalue weighted by atomic mass is 10.1. The van der Waals surface area contributed by atoms with Crippen LogP contribution in [0.5, 0.6) is 0 Å². The summed E-state index contributed by atoms with van der Waals surface area (Å²) in [5.74, 6) is -0.154. The number of nitrogens with one attached hydrogen (secondary N) is 1. The molecule has 2 amide bonds. The van der Waals surface area contributed by atoms with E-state index < -0.39 is 0 Å². The molecule has 2 aromatic rings. The minimum Gasteiger partial charge on any atom is -0.314 e. The third-order valence-electron chi connectivity index (χ3n) is 4.43. The molecule has 0 spiro atoms. The van der Waals surface area contributed by atoms with Gasteiger partial charge in [0.1, 0.15) is 5.69 Å². The highest BCUT2D eigenvalue weighted by molar-refractivity contribution is 6.06. The van der Waals surface area contributed by atoms with Crippen molar-refractivity contribution in [3.63, 3.8) is 0 Å². The first kappa shape index (κ1) is 17.1. The summed E-state index contributed by atoms with van der Waals surface area (Å²) in [7, 11) is 3.44. The number of hydrogen-bond donors (Lipinski definition) is 1. The first-order valence-electron chi connectivity index (χ1n) is 8.29. The third kappa shape index (κ3) is 3.25. The quantitative estimate of drug-likeness (QED) is 0.860. The number of hydrogen-bond acceptors (Lipinski definition) is 5. The monoisotopic (exact) mass is 342 g/mol. The molecule has 8 nitrogen and oxygen atoms in total. The molecule has 1 aromatic heterocycles. The summed E-state index contributed by atoms with van der Waals surface area (Å²) in [6.07, 6.45) is 2.26. The van der Waals surface area contributed by atoms with Crippen LogP contribution in [-0.2, 0) is 18.3 Å². The van der Waals surface area contributed by atoms with Gasteiger partial charge in [0.15, 0.2) is 0 Å². The van der Waals surface area contributed by atoms with Crippen molar-refractivity contribution in [1.82, 2.24) is 20.3 Å². The summed E-state index contributed by atoms with van der Waals surface area (Å²) in [4.78, 5) is 28.3. The third-order valence-corrected chi connectivity index (χ3v) is 4.43. The predicted molar refractivity (Wildman–Crippen MR) is 94.8 cm³/mol. The Labute approximate surface area is 146 Å². The van der Waals surface area contributed by atoms with Gasteiger partial charge in [-0.25, -0.2) is 4.68 Å². The van der Waals surface area contributed by atoms with E-state index in [4.69, 9.17) is 0 Å². The van der Waals surface area contributed by atoms with Crippen LogP contribution in [0.4, 0.5) is 11.4 Å². The Morgan fingerprint density at radius 1 is 1.36 bits per heavy atom. The normalized spacial score (nSPS) is 13.0. The number of aryl methyl sites for hydroxylation is 1. The Balaban J connectivity index is 1.85. The second kappa shape index (κ2) is 7.02. The summed E-state index contributed by atoms with van der Waals surface area (Å²) in [5, 5.41) is 10.6. The van der Waals surface area contributed by atoms with Crippen LogP contribution in [0.2, 0.25) is 0 Å². The van der Waals surface area contributed by atoms with Gasteiger partial charge in [0.05, 0.1) is 12.7 Å². The van der Waals surface area contributed by atoms with Crippen LogP contribution in [0.15, 0.2) is 24.4 Å². The molecule has 132 valence electrons. The fourth-order valence-electron chi connectivity index (χ4n) is 2.90. The van der Waals surface area contributed by atoms with Crippen LogP contribution >= 0.6 is 0 Å². The van der Waals surface area contributed by atoms with Crippen molar-refractivity contribution in [2.24, 2.45) is 7.05 Å². The summed E-state index contributed by atoms with van der Waals surface area (Å²) in [6, 6.07) is 5.80.